The van der Waals surface area contributed by atoms with Gasteiger partial charge in [-0.05, 0) is 33.2 Å². The van der Waals surface area contributed by atoms with Gasteiger partial charge in [0.15, 0.2) is 0 Å². The number of nitrogens with zero attached hydrogens (tertiary/aromatic N) is 1. The van der Waals surface area contributed by atoms with E-state index in [1.165, 1.54) is 0 Å². The summed E-state index contributed by atoms with van der Waals surface area (Å²) >= 11 is 0. The number of hydrogen-bond acceptors (Lipinski definition) is 3. The van der Waals surface area contributed by atoms with Crippen LogP contribution in [0.4, 0.5) is 0 Å². The van der Waals surface area contributed by atoms with Crippen LogP contribution in [0.25, 0.3) is 0 Å². The number of β-amino-alcohol motifs (C(OH)–C–C–N with tert-alkyl or cyclic N) is 1. The summed E-state index contributed by atoms with van der Waals surface area (Å²) in [7, 11) is 0. The van der Waals surface area contributed by atoms with E-state index in [0.717, 1.165) is 32.5 Å². The van der Waals surface area contributed by atoms with Crippen LogP contribution in [0.1, 0.15) is 26.7 Å². The molecule has 3 N–H and O–H groups in total. The summed E-state index contributed by atoms with van der Waals surface area (Å²) in [5.74, 6) is 0. The van der Waals surface area contributed by atoms with Crippen LogP contribution in [0, 0.1) is 0 Å². The molecule has 0 aromatic heterocycles. The average molecular weight is 172 g/mol. The minimum atomic E-state index is -0.106. The molecule has 1 rings (SSSR count). The van der Waals surface area contributed by atoms with Crippen molar-refractivity contribution in [2.24, 2.45) is 5.73 Å². The van der Waals surface area contributed by atoms with E-state index < -0.39 is 0 Å². The van der Waals surface area contributed by atoms with Gasteiger partial charge in [0, 0.05) is 18.6 Å². The molecule has 1 atom stereocenters. The molecule has 0 amide bonds. The summed E-state index contributed by atoms with van der Waals surface area (Å²) in [6, 6.07) is 0. The molecular formula is C9H20N2O. The van der Waals surface area contributed by atoms with Crippen LogP contribution < -0.4 is 5.73 Å². The molecule has 0 aromatic rings. The second-order valence-electron chi connectivity index (χ2n) is 4.48. The normalized spacial score (nSPS) is 26.5. The summed E-state index contributed by atoms with van der Waals surface area (Å²) in [6.45, 7) is 6.95. The quantitative estimate of drug-likeness (QED) is 0.638. The monoisotopic (exact) mass is 172 g/mol. The van der Waals surface area contributed by atoms with Gasteiger partial charge in [0.1, 0.15) is 0 Å². The van der Waals surface area contributed by atoms with E-state index in [-0.39, 0.29) is 11.6 Å². The van der Waals surface area contributed by atoms with Crippen molar-refractivity contribution in [3.63, 3.8) is 0 Å². The van der Waals surface area contributed by atoms with Crippen LogP contribution in [0.2, 0.25) is 0 Å². The number of aliphatic hydroxyl groups is 1. The molecule has 72 valence electrons. The molecule has 3 nitrogen and oxygen atoms in total. The van der Waals surface area contributed by atoms with E-state index in [1.807, 2.05) is 13.8 Å². The maximum Gasteiger partial charge on any atom is 0.0679 e. The van der Waals surface area contributed by atoms with Gasteiger partial charge < -0.3 is 15.7 Å². The van der Waals surface area contributed by atoms with Crippen LogP contribution >= 0.6 is 0 Å². The molecule has 3 heteroatoms. The highest BCUT2D eigenvalue weighted by Gasteiger charge is 2.21. The Kier molecular flexibility index (Phi) is 3.09. The zero-order valence-corrected chi connectivity index (χ0v) is 8.08. The first kappa shape index (κ1) is 9.96. The van der Waals surface area contributed by atoms with Gasteiger partial charge in [-0.3, -0.25) is 0 Å². The van der Waals surface area contributed by atoms with Gasteiger partial charge in [0.05, 0.1) is 6.10 Å². The predicted molar refractivity (Wildman–Crippen MR) is 49.9 cm³/mol. The molecule has 0 radical (unpaired) electrons. The second kappa shape index (κ2) is 3.73. The lowest BCUT2D eigenvalue weighted by molar-refractivity contribution is 0.173. The lowest BCUT2D eigenvalue weighted by Gasteiger charge is -2.22. The van der Waals surface area contributed by atoms with Gasteiger partial charge >= 0.3 is 0 Å². The van der Waals surface area contributed by atoms with Gasteiger partial charge in [-0.2, -0.15) is 0 Å². The first-order valence-corrected chi connectivity index (χ1v) is 4.67. The Morgan fingerprint density at radius 3 is 2.67 bits per heavy atom. The Morgan fingerprint density at radius 1 is 1.58 bits per heavy atom. The van der Waals surface area contributed by atoms with Gasteiger partial charge in [-0.15, -0.1) is 0 Å². The van der Waals surface area contributed by atoms with Gasteiger partial charge in [-0.25, -0.2) is 0 Å². The molecule has 0 saturated carbocycles. The molecule has 1 fully saturated rings. The van der Waals surface area contributed by atoms with Crippen LogP contribution in [-0.2, 0) is 0 Å². The Morgan fingerprint density at radius 2 is 2.25 bits per heavy atom. The largest absolute Gasteiger partial charge is 0.392 e. The fourth-order valence-corrected chi connectivity index (χ4v) is 1.46. The second-order valence-corrected chi connectivity index (χ2v) is 4.48. The Labute approximate surface area is 74.5 Å². The highest BCUT2D eigenvalue weighted by atomic mass is 16.3. The molecule has 12 heavy (non-hydrogen) atoms. The molecule has 0 spiro atoms. The summed E-state index contributed by atoms with van der Waals surface area (Å²) in [6.07, 6.45) is 1.82. The molecule has 1 aliphatic heterocycles. The molecule has 1 aliphatic rings. The third-order valence-electron chi connectivity index (χ3n) is 2.32. The van der Waals surface area contributed by atoms with Crippen molar-refractivity contribution in [3.8, 4) is 0 Å². The number of likely N-dealkylation sites (tertiary alicyclic amines) is 1. The van der Waals surface area contributed by atoms with Gasteiger partial charge in [0.2, 0.25) is 0 Å². The van der Waals surface area contributed by atoms with Gasteiger partial charge in [-0.1, -0.05) is 0 Å². The lowest BCUT2D eigenvalue weighted by atomic mass is 10.0. The van der Waals surface area contributed by atoms with E-state index in [9.17, 15) is 5.11 Å². The standard InChI is InChI=1S/C9H20N2O/c1-9(2,10)4-6-11-5-3-8(12)7-11/h8,12H,3-7,10H2,1-2H3. The minimum absolute atomic E-state index is 0.0759. The minimum Gasteiger partial charge on any atom is -0.392 e. The van der Waals surface area contributed by atoms with Crippen LogP contribution in [0.3, 0.4) is 0 Å². The third kappa shape index (κ3) is 3.52. The zero-order chi connectivity index (χ0) is 9.19. The van der Waals surface area contributed by atoms with E-state index in [1.54, 1.807) is 0 Å². The summed E-state index contributed by atoms with van der Waals surface area (Å²) in [4.78, 5) is 2.28. The van der Waals surface area contributed by atoms with Crippen LogP contribution in [0.5, 0.6) is 0 Å². The summed E-state index contributed by atoms with van der Waals surface area (Å²) in [5.41, 5.74) is 5.78. The Bertz CT molecular complexity index is 142. The predicted octanol–water partition coefficient (Wildman–Crippen LogP) is 0.180. The van der Waals surface area contributed by atoms with Crippen molar-refractivity contribution >= 4 is 0 Å². The van der Waals surface area contributed by atoms with Crippen molar-refractivity contribution in [1.82, 2.24) is 4.90 Å². The molecule has 1 unspecified atom stereocenters. The Balaban J connectivity index is 2.16. The van der Waals surface area contributed by atoms with Crippen molar-refractivity contribution in [3.05, 3.63) is 0 Å². The van der Waals surface area contributed by atoms with E-state index in [0.29, 0.717) is 0 Å². The summed E-state index contributed by atoms with van der Waals surface area (Å²) in [5, 5.41) is 9.26. The fraction of sp³-hybridized carbons (Fsp3) is 1.00. The highest BCUT2D eigenvalue weighted by molar-refractivity contribution is 4.78. The van der Waals surface area contributed by atoms with Crippen molar-refractivity contribution in [2.75, 3.05) is 19.6 Å². The lowest BCUT2D eigenvalue weighted by Crippen LogP contribution is -2.37. The maximum atomic E-state index is 9.26. The van der Waals surface area contributed by atoms with E-state index in [2.05, 4.69) is 4.90 Å². The molecule has 0 aliphatic carbocycles. The number of rotatable bonds is 3. The maximum absolute atomic E-state index is 9.26. The molecular weight excluding hydrogens is 152 g/mol. The molecule has 0 bridgehead atoms. The fourth-order valence-electron chi connectivity index (χ4n) is 1.46. The smallest absolute Gasteiger partial charge is 0.0679 e. The highest BCUT2D eigenvalue weighted by Crippen LogP contribution is 2.11. The number of aliphatic hydroxyl groups excluding tert-OH is 1. The summed E-state index contributed by atoms with van der Waals surface area (Å²) < 4.78 is 0. The van der Waals surface area contributed by atoms with Crippen LogP contribution in [-0.4, -0.2) is 41.3 Å². The van der Waals surface area contributed by atoms with Gasteiger partial charge in [0.25, 0.3) is 0 Å². The first-order valence-electron chi connectivity index (χ1n) is 4.67. The number of hydrogen-bond donors (Lipinski definition) is 2. The van der Waals surface area contributed by atoms with Crippen molar-refractivity contribution < 1.29 is 5.11 Å². The topological polar surface area (TPSA) is 49.5 Å². The Hall–Kier alpha value is -0.120. The van der Waals surface area contributed by atoms with E-state index in [4.69, 9.17) is 5.73 Å². The zero-order valence-electron chi connectivity index (χ0n) is 8.08. The molecule has 1 heterocycles. The average Bonchev–Trinajstić information content (AvgIpc) is 2.30. The third-order valence-corrected chi connectivity index (χ3v) is 2.32. The van der Waals surface area contributed by atoms with E-state index >= 15 is 0 Å². The van der Waals surface area contributed by atoms with Crippen molar-refractivity contribution in [2.45, 2.75) is 38.3 Å². The SMILES string of the molecule is CC(C)(N)CCN1CCC(O)C1. The molecule has 0 aromatic carbocycles. The van der Waals surface area contributed by atoms with Crippen LogP contribution in [0.15, 0.2) is 0 Å². The molecule has 1 saturated heterocycles. The first-order chi connectivity index (χ1) is 5.47. The van der Waals surface area contributed by atoms with Crippen molar-refractivity contribution in [1.29, 1.82) is 0 Å². The number of nitrogens with two attached hydrogens (primary N) is 1.